The number of carbonyl (C=O) groups is 1. The topological polar surface area (TPSA) is 69.6 Å². The highest BCUT2D eigenvalue weighted by Gasteiger charge is 2.18. The molecule has 0 saturated heterocycles. The maximum absolute atomic E-state index is 12.5. The zero-order valence-electron chi connectivity index (χ0n) is 46.2. The van der Waals surface area contributed by atoms with Crippen LogP contribution in [0.3, 0.4) is 0 Å². The van der Waals surface area contributed by atoms with E-state index in [-0.39, 0.29) is 12.5 Å². The SMILES string of the molecule is CC/C=C\C/C=C\C/C=C\C/C=C\C/C=C\C/C=C\C/C=C\C/C=C\C/C=C\C/C=C\C/C=C\CCCCCC(=O)NC(CO)C(O)/C=C/CCCCCCCCCCCCCCCCCCCCCC. The number of allylic oxidation sites excluding steroid dienone is 23. The number of rotatable bonds is 52. The zero-order chi connectivity index (χ0) is 51.3. The first-order chi connectivity index (χ1) is 35.2. The second kappa shape index (κ2) is 60.6. The lowest BCUT2D eigenvalue weighted by Crippen LogP contribution is -2.45. The summed E-state index contributed by atoms with van der Waals surface area (Å²) < 4.78 is 0. The van der Waals surface area contributed by atoms with E-state index in [1.807, 2.05) is 6.08 Å². The van der Waals surface area contributed by atoms with Crippen molar-refractivity contribution in [1.29, 1.82) is 0 Å². The van der Waals surface area contributed by atoms with Crippen LogP contribution < -0.4 is 5.32 Å². The van der Waals surface area contributed by atoms with Crippen molar-refractivity contribution < 1.29 is 15.0 Å². The first-order valence-electron chi connectivity index (χ1n) is 29.5. The molecule has 402 valence electrons. The maximum Gasteiger partial charge on any atom is 0.220 e. The van der Waals surface area contributed by atoms with Gasteiger partial charge in [-0.1, -0.05) is 288 Å². The first-order valence-corrected chi connectivity index (χ1v) is 29.5. The minimum absolute atomic E-state index is 0.100. The molecule has 0 aromatic heterocycles. The van der Waals surface area contributed by atoms with Crippen LogP contribution in [0.4, 0.5) is 0 Å². The molecule has 0 bridgehead atoms. The van der Waals surface area contributed by atoms with Crippen LogP contribution in [0.25, 0.3) is 0 Å². The summed E-state index contributed by atoms with van der Waals surface area (Å²) in [5.74, 6) is -0.100. The number of amides is 1. The number of hydrogen-bond acceptors (Lipinski definition) is 3. The lowest BCUT2D eigenvalue weighted by Gasteiger charge is -2.19. The molecule has 0 heterocycles. The van der Waals surface area contributed by atoms with E-state index in [2.05, 4.69) is 153 Å². The Bertz CT molecular complexity index is 1480. The van der Waals surface area contributed by atoms with Gasteiger partial charge in [0, 0.05) is 6.42 Å². The van der Waals surface area contributed by atoms with Gasteiger partial charge < -0.3 is 15.5 Å². The Morgan fingerprint density at radius 3 is 0.930 bits per heavy atom. The van der Waals surface area contributed by atoms with E-state index in [1.54, 1.807) is 6.08 Å². The van der Waals surface area contributed by atoms with Gasteiger partial charge in [-0.25, -0.2) is 0 Å². The van der Waals surface area contributed by atoms with Crippen molar-refractivity contribution in [1.82, 2.24) is 5.32 Å². The number of unbranched alkanes of at least 4 members (excludes halogenated alkanes) is 23. The summed E-state index contributed by atoms with van der Waals surface area (Å²) in [6.07, 6.45) is 95.8. The Balaban J connectivity index is 3.70. The molecule has 0 spiro atoms. The van der Waals surface area contributed by atoms with Gasteiger partial charge in [0.15, 0.2) is 0 Å². The van der Waals surface area contributed by atoms with Gasteiger partial charge in [0.05, 0.1) is 18.8 Å². The molecule has 0 aromatic rings. The Morgan fingerprint density at radius 1 is 0.352 bits per heavy atom. The van der Waals surface area contributed by atoms with Crippen LogP contribution in [0.5, 0.6) is 0 Å². The van der Waals surface area contributed by atoms with E-state index in [0.717, 1.165) is 109 Å². The highest BCUT2D eigenvalue weighted by molar-refractivity contribution is 5.76. The average molecular weight is 979 g/mol. The predicted molar refractivity (Wildman–Crippen MR) is 317 cm³/mol. The molecule has 4 nitrogen and oxygen atoms in total. The third-order valence-corrected chi connectivity index (χ3v) is 12.6. The van der Waals surface area contributed by atoms with Crippen LogP contribution in [0.15, 0.2) is 146 Å². The third kappa shape index (κ3) is 57.0. The number of aliphatic hydroxyl groups excluding tert-OH is 2. The monoisotopic (exact) mass is 978 g/mol. The molecular weight excluding hydrogens is 867 g/mol. The van der Waals surface area contributed by atoms with Crippen molar-refractivity contribution in [2.24, 2.45) is 0 Å². The Morgan fingerprint density at radius 2 is 0.620 bits per heavy atom. The van der Waals surface area contributed by atoms with Crippen LogP contribution in [0.1, 0.15) is 251 Å². The first kappa shape index (κ1) is 67.3. The molecule has 0 aliphatic rings. The molecule has 0 fully saturated rings. The second-order valence-electron chi connectivity index (χ2n) is 19.3. The molecule has 0 radical (unpaired) electrons. The van der Waals surface area contributed by atoms with Crippen molar-refractivity contribution in [3.63, 3.8) is 0 Å². The number of hydrogen-bond donors (Lipinski definition) is 3. The fourth-order valence-corrected chi connectivity index (χ4v) is 8.12. The highest BCUT2D eigenvalue weighted by Crippen LogP contribution is 2.16. The summed E-state index contributed by atoms with van der Waals surface area (Å²) in [4.78, 5) is 12.5. The minimum atomic E-state index is -0.865. The van der Waals surface area contributed by atoms with E-state index < -0.39 is 12.1 Å². The van der Waals surface area contributed by atoms with Gasteiger partial charge >= 0.3 is 0 Å². The summed E-state index contributed by atoms with van der Waals surface area (Å²) in [6, 6.07) is -0.652. The van der Waals surface area contributed by atoms with Crippen molar-refractivity contribution in [2.75, 3.05) is 6.61 Å². The van der Waals surface area contributed by atoms with Gasteiger partial charge in [-0.3, -0.25) is 4.79 Å². The number of aliphatic hydroxyl groups is 2. The third-order valence-electron chi connectivity index (χ3n) is 12.6. The molecule has 4 heteroatoms. The lowest BCUT2D eigenvalue weighted by atomic mass is 10.0. The highest BCUT2D eigenvalue weighted by atomic mass is 16.3. The fourth-order valence-electron chi connectivity index (χ4n) is 8.12. The molecule has 0 aromatic carbocycles. The van der Waals surface area contributed by atoms with E-state index >= 15 is 0 Å². The number of carbonyl (C=O) groups excluding carboxylic acids is 1. The summed E-state index contributed by atoms with van der Waals surface area (Å²) in [5, 5.41) is 23.2. The summed E-state index contributed by atoms with van der Waals surface area (Å²) >= 11 is 0. The van der Waals surface area contributed by atoms with Crippen LogP contribution in [-0.2, 0) is 4.79 Å². The van der Waals surface area contributed by atoms with Gasteiger partial charge in [0.2, 0.25) is 5.91 Å². The number of nitrogens with one attached hydrogen (secondary N) is 1. The molecule has 1 amide bonds. The molecule has 2 unspecified atom stereocenters. The van der Waals surface area contributed by atoms with Crippen LogP contribution >= 0.6 is 0 Å². The van der Waals surface area contributed by atoms with Crippen molar-refractivity contribution in [3.8, 4) is 0 Å². The quantitative estimate of drug-likeness (QED) is 0.0420. The largest absolute Gasteiger partial charge is 0.394 e. The van der Waals surface area contributed by atoms with Crippen LogP contribution in [-0.4, -0.2) is 34.9 Å². The molecule has 0 aliphatic heterocycles. The Labute approximate surface area is 440 Å². The molecule has 0 saturated carbocycles. The van der Waals surface area contributed by atoms with Crippen molar-refractivity contribution in [3.05, 3.63) is 146 Å². The van der Waals surface area contributed by atoms with E-state index in [4.69, 9.17) is 0 Å². The molecule has 2 atom stereocenters. The standard InChI is InChI=1S/C67H111NO3/c1-3-5-7-9-11-13-15-17-19-21-23-25-27-28-29-30-31-32-33-34-35-36-37-38-39-40-41-43-45-47-49-51-53-55-57-59-61-63-67(71)68-65(64-69)66(70)62-60-58-56-54-52-50-48-46-44-42-26-24-22-20-18-16-14-12-10-8-6-4-2/h5,7,11,13,17,19,23,25,28-29,31-32,34-35,37-38,40-41,45,47,51,53,60,62,65-66,69-70H,3-4,6,8-10,12,14-16,18,20-22,24,26-27,30,33,36,39,42-44,46,48-50,52,54-59,61,63-64H2,1-2H3,(H,68,71)/b7-5-,13-11-,19-17-,25-23-,29-28-,32-31-,35-34-,38-37-,41-40-,47-45-,53-51-,62-60+. The summed E-state index contributed by atoms with van der Waals surface area (Å²) in [7, 11) is 0. The maximum atomic E-state index is 12.5. The van der Waals surface area contributed by atoms with Gasteiger partial charge in [-0.15, -0.1) is 0 Å². The Kier molecular flexibility index (Phi) is 57.4. The molecule has 0 aliphatic carbocycles. The fraction of sp³-hybridized carbons (Fsp3) is 0.627. The van der Waals surface area contributed by atoms with E-state index in [9.17, 15) is 15.0 Å². The van der Waals surface area contributed by atoms with E-state index in [0.29, 0.717) is 6.42 Å². The van der Waals surface area contributed by atoms with Gasteiger partial charge in [0.25, 0.3) is 0 Å². The van der Waals surface area contributed by atoms with Gasteiger partial charge in [-0.2, -0.15) is 0 Å². The average Bonchev–Trinajstić information content (AvgIpc) is 3.37. The lowest BCUT2D eigenvalue weighted by molar-refractivity contribution is -0.123. The second-order valence-corrected chi connectivity index (χ2v) is 19.3. The smallest absolute Gasteiger partial charge is 0.220 e. The zero-order valence-corrected chi connectivity index (χ0v) is 46.2. The van der Waals surface area contributed by atoms with E-state index in [1.165, 1.54) is 122 Å². The predicted octanol–water partition coefficient (Wildman–Crippen LogP) is 20.0. The molecule has 3 N–H and O–H groups in total. The normalized spacial score (nSPS) is 13.9. The van der Waals surface area contributed by atoms with Crippen molar-refractivity contribution >= 4 is 5.91 Å². The van der Waals surface area contributed by atoms with Crippen LogP contribution in [0.2, 0.25) is 0 Å². The summed E-state index contributed by atoms with van der Waals surface area (Å²) in [6.45, 7) is 4.19. The summed E-state index contributed by atoms with van der Waals surface area (Å²) in [5.41, 5.74) is 0. The molecular formula is C67H111NO3. The van der Waals surface area contributed by atoms with Gasteiger partial charge in [0.1, 0.15) is 0 Å². The Hall–Kier alpha value is -3.73. The molecule has 71 heavy (non-hydrogen) atoms. The van der Waals surface area contributed by atoms with Crippen LogP contribution in [0, 0.1) is 0 Å². The molecule has 0 rings (SSSR count). The minimum Gasteiger partial charge on any atom is -0.394 e. The van der Waals surface area contributed by atoms with Crippen molar-refractivity contribution in [2.45, 2.75) is 264 Å². The van der Waals surface area contributed by atoms with Gasteiger partial charge in [-0.05, 0) is 103 Å².